The monoisotopic (exact) mass is 284 g/mol. The summed E-state index contributed by atoms with van der Waals surface area (Å²) in [7, 11) is -3.23. The van der Waals surface area contributed by atoms with E-state index in [0.29, 0.717) is 5.02 Å². The van der Waals surface area contributed by atoms with Gasteiger partial charge in [0.15, 0.2) is 9.84 Å². The molecule has 0 aliphatic heterocycles. The summed E-state index contributed by atoms with van der Waals surface area (Å²) in [5.41, 5.74) is 1.86. The molecule has 0 spiro atoms. The maximum atomic E-state index is 11.4. The van der Waals surface area contributed by atoms with E-state index in [-0.39, 0.29) is 4.90 Å². The molecule has 2 rings (SSSR count). The summed E-state index contributed by atoms with van der Waals surface area (Å²) >= 11 is 5.94. The highest BCUT2D eigenvalue weighted by Crippen LogP contribution is 2.21. The van der Waals surface area contributed by atoms with Crippen molar-refractivity contribution in [3.63, 3.8) is 0 Å². The third-order valence-corrected chi connectivity index (χ3v) is 3.96. The summed E-state index contributed by atoms with van der Waals surface area (Å²) < 4.78 is 24.4. The molecule has 0 saturated carbocycles. The zero-order valence-corrected chi connectivity index (χ0v) is 11.7. The van der Waals surface area contributed by atoms with Crippen molar-refractivity contribution in [1.29, 1.82) is 0 Å². The van der Waals surface area contributed by atoms with E-state index in [1.165, 1.54) is 12.4 Å². The Morgan fingerprint density at radius 1 is 1.39 bits per heavy atom. The van der Waals surface area contributed by atoms with Crippen molar-refractivity contribution in [2.75, 3.05) is 6.26 Å². The van der Waals surface area contributed by atoms with Gasteiger partial charge in [0.2, 0.25) is 0 Å². The lowest BCUT2D eigenvalue weighted by Crippen LogP contribution is -2.00. The van der Waals surface area contributed by atoms with Crippen molar-refractivity contribution in [3.05, 3.63) is 41.2 Å². The number of nitrogens with zero attached hydrogens (tertiary/aromatic N) is 2. The average molecular weight is 285 g/mol. The van der Waals surface area contributed by atoms with Crippen molar-refractivity contribution in [1.82, 2.24) is 9.78 Å². The van der Waals surface area contributed by atoms with Crippen LogP contribution < -0.4 is 0 Å². The summed E-state index contributed by atoms with van der Waals surface area (Å²) in [6, 6.07) is 5.46. The molecule has 0 aliphatic carbocycles. The zero-order valence-electron chi connectivity index (χ0n) is 10.1. The van der Waals surface area contributed by atoms with Gasteiger partial charge in [-0.2, -0.15) is 5.10 Å². The normalized spacial score (nSPS) is 11.7. The van der Waals surface area contributed by atoms with Crippen LogP contribution in [0.2, 0.25) is 5.02 Å². The van der Waals surface area contributed by atoms with Gasteiger partial charge in [0.25, 0.3) is 0 Å². The topological polar surface area (TPSA) is 52.0 Å². The van der Waals surface area contributed by atoms with Crippen molar-refractivity contribution in [2.24, 2.45) is 0 Å². The Bertz CT molecular complexity index is 677. The highest BCUT2D eigenvalue weighted by molar-refractivity contribution is 7.90. The van der Waals surface area contributed by atoms with E-state index in [2.05, 4.69) is 5.10 Å². The first-order valence-electron chi connectivity index (χ1n) is 5.45. The van der Waals surface area contributed by atoms with E-state index >= 15 is 0 Å². The molecule has 2 aromatic rings. The van der Waals surface area contributed by atoms with E-state index in [4.69, 9.17) is 11.6 Å². The minimum atomic E-state index is -3.23. The fourth-order valence-electron chi connectivity index (χ4n) is 1.69. The molecular weight excluding hydrogens is 272 g/mol. The van der Waals surface area contributed by atoms with Crippen molar-refractivity contribution in [2.45, 2.75) is 18.2 Å². The lowest BCUT2D eigenvalue weighted by Gasteiger charge is -2.07. The SMILES string of the molecule is CCc1cc(Cl)ccc1-n1cc(S(C)(=O)=O)cn1. The quantitative estimate of drug-likeness (QED) is 0.870. The number of halogens is 1. The molecule has 1 heterocycles. The van der Waals surface area contributed by atoms with Gasteiger partial charge in [-0.3, -0.25) is 0 Å². The van der Waals surface area contributed by atoms with Crippen LogP contribution in [-0.4, -0.2) is 24.5 Å². The Labute approximate surface area is 111 Å². The van der Waals surface area contributed by atoms with Gasteiger partial charge in [-0.1, -0.05) is 18.5 Å². The third kappa shape index (κ3) is 2.57. The molecule has 1 aromatic carbocycles. The highest BCUT2D eigenvalue weighted by Gasteiger charge is 2.12. The molecule has 0 unspecified atom stereocenters. The molecule has 0 fully saturated rings. The summed E-state index contributed by atoms with van der Waals surface area (Å²) in [5.74, 6) is 0. The Morgan fingerprint density at radius 3 is 2.67 bits per heavy atom. The van der Waals surface area contributed by atoms with Crippen LogP contribution in [0, 0.1) is 0 Å². The van der Waals surface area contributed by atoms with E-state index < -0.39 is 9.84 Å². The van der Waals surface area contributed by atoms with E-state index in [1.807, 2.05) is 19.1 Å². The first kappa shape index (κ1) is 13.1. The van der Waals surface area contributed by atoms with Gasteiger partial charge < -0.3 is 0 Å². The Kier molecular flexibility index (Phi) is 3.45. The maximum Gasteiger partial charge on any atom is 0.178 e. The number of hydrogen-bond donors (Lipinski definition) is 0. The number of aromatic nitrogens is 2. The van der Waals surface area contributed by atoms with Crippen LogP contribution in [0.5, 0.6) is 0 Å². The first-order chi connectivity index (χ1) is 8.41. The molecule has 6 heteroatoms. The minimum Gasteiger partial charge on any atom is -0.239 e. The van der Waals surface area contributed by atoms with Crippen molar-refractivity contribution < 1.29 is 8.42 Å². The van der Waals surface area contributed by atoms with Crippen molar-refractivity contribution >= 4 is 21.4 Å². The molecule has 0 aliphatic rings. The number of benzene rings is 1. The summed E-state index contributed by atoms with van der Waals surface area (Å²) in [4.78, 5) is 0.208. The third-order valence-electron chi connectivity index (χ3n) is 2.66. The fraction of sp³-hybridized carbons (Fsp3) is 0.250. The predicted molar refractivity (Wildman–Crippen MR) is 71.1 cm³/mol. The maximum absolute atomic E-state index is 11.4. The Hall–Kier alpha value is -1.33. The van der Waals surface area contributed by atoms with Crippen LogP contribution in [-0.2, 0) is 16.3 Å². The molecule has 18 heavy (non-hydrogen) atoms. The average Bonchev–Trinajstić information content (AvgIpc) is 2.77. The summed E-state index contributed by atoms with van der Waals surface area (Å²) in [6.07, 6.45) is 4.82. The standard InChI is InChI=1S/C12H13ClN2O2S/c1-3-9-6-10(13)4-5-12(9)15-8-11(7-14-15)18(2,16)17/h4-8H,3H2,1-2H3. The van der Waals surface area contributed by atoms with E-state index in [9.17, 15) is 8.42 Å². The number of hydrogen-bond acceptors (Lipinski definition) is 3. The second-order valence-electron chi connectivity index (χ2n) is 4.02. The van der Waals surface area contributed by atoms with Gasteiger partial charge >= 0.3 is 0 Å². The van der Waals surface area contributed by atoms with Gasteiger partial charge in [0.1, 0.15) is 4.90 Å². The predicted octanol–water partition coefficient (Wildman–Crippen LogP) is 2.49. The minimum absolute atomic E-state index is 0.208. The van der Waals surface area contributed by atoms with Gasteiger partial charge in [-0.05, 0) is 30.2 Å². The molecule has 96 valence electrons. The largest absolute Gasteiger partial charge is 0.239 e. The molecular formula is C12H13ClN2O2S. The molecule has 0 saturated heterocycles. The van der Waals surface area contributed by atoms with Gasteiger partial charge in [0, 0.05) is 17.5 Å². The lowest BCUT2D eigenvalue weighted by atomic mass is 10.1. The van der Waals surface area contributed by atoms with Crippen LogP contribution >= 0.6 is 11.6 Å². The molecule has 1 aromatic heterocycles. The second kappa shape index (κ2) is 4.74. The second-order valence-corrected chi connectivity index (χ2v) is 6.47. The number of rotatable bonds is 3. The Morgan fingerprint density at radius 2 is 2.11 bits per heavy atom. The lowest BCUT2D eigenvalue weighted by molar-refractivity contribution is 0.602. The van der Waals surface area contributed by atoms with Gasteiger partial charge in [-0.25, -0.2) is 13.1 Å². The Balaban J connectivity index is 2.53. The van der Waals surface area contributed by atoms with Crippen LogP contribution in [0.3, 0.4) is 0 Å². The summed E-state index contributed by atoms with van der Waals surface area (Å²) in [5, 5.41) is 4.74. The first-order valence-corrected chi connectivity index (χ1v) is 7.72. The number of aryl methyl sites for hydroxylation is 1. The molecule has 0 atom stereocenters. The van der Waals surface area contributed by atoms with Crippen LogP contribution in [0.4, 0.5) is 0 Å². The molecule has 0 bridgehead atoms. The van der Waals surface area contributed by atoms with Gasteiger partial charge in [0.05, 0.1) is 11.9 Å². The van der Waals surface area contributed by atoms with Crippen molar-refractivity contribution in [3.8, 4) is 5.69 Å². The van der Waals surface area contributed by atoms with Gasteiger partial charge in [-0.15, -0.1) is 0 Å². The fourth-order valence-corrected chi connectivity index (χ4v) is 2.41. The molecule has 0 amide bonds. The van der Waals surface area contributed by atoms with Crippen LogP contribution in [0.1, 0.15) is 12.5 Å². The van der Waals surface area contributed by atoms with E-state index in [1.54, 1.807) is 10.7 Å². The molecule has 0 N–H and O–H groups in total. The number of sulfone groups is 1. The van der Waals surface area contributed by atoms with Crippen LogP contribution in [0.25, 0.3) is 5.69 Å². The molecule has 0 radical (unpaired) electrons. The summed E-state index contributed by atoms with van der Waals surface area (Å²) in [6.45, 7) is 2.01. The zero-order chi connectivity index (χ0) is 13.3. The molecule has 4 nitrogen and oxygen atoms in total. The highest BCUT2D eigenvalue weighted by atomic mass is 35.5. The van der Waals surface area contributed by atoms with Crippen LogP contribution in [0.15, 0.2) is 35.5 Å². The van der Waals surface area contributed by atoms with E-state index in [0.717, 1.165) is 23.9 Å². The smallest absolute Gasteiger partial charge is 0.178 e.